The lowest BCUT2D eigenvalue weighted by atomic mass is 10.1. The average molecular weight is 241 g/mol. The maximum atomic E-state index is 12.8. The molecule has 90 valence electrons. The average Bonchev–Trinajstić information content (AvgIpc) is 2.77. The molecule has 0 N–H and O–H groups in total. The molecular weight excluding hydrogens is 229 g/mol. The van der Waals surface area contributed by atoms with Crippen molar-refractivity contribution in [2.45, 2.75) is 13.3 Å². The molecule has 0 aliphatic carbocycles. The van der Waals surface area contributed by atoms with Gasteiger partial charge in [-0.05, 0) is 36.8 Å². The number of halogens is 1. The zero-order valence-electron chi connectivity index (χ0n) is 9.97. The summed E-state index contributed by atoms with van der Waals surface area (Å²) >= 11 is 0. The number of nitrogens with zero attached hydrogens (tertiary/aromatic N) is 3. The van der Waals surface area contributed by atoms with Crippen molar-refractivity contribution in [1.82, 2.24) is 14.6 Å². The fraction of sp³-hybridized carbons (Fsp3) is 0.143. The number of aromatic nitrogens is 3. The van der Waals surface area contributed by atoms with Crippen LogP contribution in [0, 0.1) is 12.7 Å². The Labute approximate surface area is 104 Å². The second-order valence-electron chi connectivity index (χ2n) is 4.28. The summed E-state index contributed by atoms with van der Waals surface area (Å²) in [6.45, 7) is 2.02. The third kappa shape index (κ3) is 1.86. The SMILES string of the molecule is Cc1cccc2nnc(Cc3ccc(F)cc3)n12. The Hall–Kier alpha value is -2.23. The minimum atomic E-state index is -0.221. The topological polar surface area (TPSA) is 30.2 Å². The fourth-order valence-electron chi connectivity index (χ4n) is 2.07. The quantitative estimate of drug-likeness (QED) is 0.690. The van der Waals surface area contributed by atoms with Gasteiger partial charge >= 0.3 is 0 Å². The van der Waals surface area contributed by atoms with Crippen LogP contribution in [-0.4, -0.2) is 14.6 Å². The van der Waals surface area contributed by atoms with E-state index in [1.165, 1.54) is 12.1 Å². The van der Waals surface area contributed by atoms with Crippen LogP contribution in [0.25, 0.3) is 5.65 Å². The van der Waals surface area contributed by atoms with Gasteiger partial charge in [-0.1, -0.05) is 18.2 Å². The summed E-state index contributed by atoms with van der Waals surface area (Å²) in [6, 6.07) is 12.4. The normalized spacial score (nSPS) is 11.0. The molecule has 0 saturated heterocycles. The van der Waals surface area contributed by atoms with Crippen molar-refractivity contribution >= 4 is 5.65 Å². The molecule has 2 aromatic heterocycles. The molecule has 0 atom stereocenters. The highest BCUT2D eigenvalue weighted by atomic mass is 19.1. The highest BCUT2D eigenvalue weighted by Gasteiger charge is 2.07. The molecule has 1 aromatic carbocycles. The lowest BCUT2D eigenvalue weighted by Crippen LogP contribution is -1.99. The smallest absolute Gasteiger partial charge is 0.160 e. The highest BCUT2D eigenvalue weighted by molar-refractivity contribution is 5.40. The predicted octanol–water partition coefficient (Wildman–Crippen LogP) is 2.77. The maximum Gasteiger partial charge on any atom is 0.160 e. The van der Waals surface area contributed by atoms with Crippen LogP contribution in [0.1, 0.15) is 17.1 Å². The monoisotopic (exact) mass is 241 g/mol. The van der Waals surface area contributed by atoms with E-state index < -0.39 is 0 Å². The number of hydrogen-bond acceptors (Lipinski definition) is 2. The number of pyridine rings is 1. The molecule has 0 amide bonds. The molecule has 0 aliphatic heterocycles. The van der Waals surface area contributed by atoms with Crippen molar-refractivity contribution in [2.75, 3.05) is 0 Å². The van der Waals surface area contributed by atoms with E-state index in [1.807, 2.05) is 29.5 Å². The zero-order valence-corrected chi connectivity index (χ0v) is 9.97. The van der Waals surface area contributed by atoms with Gasteiger partial charge < -0.3 is 0 Å². The molecule has 0 saturated carbocycles. The van der Waals surface area contributed by atoms with Gasteiger partial charge in [0.1, 0.15) is 11.6 Å². The summed E-state index contributed by atoms with van der Waals surface area (Å²) < 4.78 is 14.9. The molecule has 0 fully saturated rings. The summed E-state index contributed by atoms with van der Waals surface area (Å²) in [5, 5.41) is 8.33. The molecule has 0 aliphatic rings. The van der Waals surface area contributed by atoms with E-state index in [0.717, 1.165) is 22.7 Å². The van der Waals surface area contributed by atoms with Gasteiger partial charge in [-0.3, -0.25) is 4.40 Å². The van der Waals surface area contributed by atoms with Crippen LogP contribution >= 0.6 is 0 Å². The van der Waals surface area contributed by atoms with E-state index in [9.17, 15) is 4.39 Å². The number of aryl methyl sites for hydroxylation is 1. The lowest BCUT2D eigenvalue weighted by Gasteiger charge is -2.03. The van der Waals surface area contributed by atoms with Crippen molar-refractivity contribution in [3.63, 3.8) is 0 Å². The van der Waals surface area contributed by atoms with Crippen molar-refractivity contribution in [2.24, 2.45) is 0 Å². The van der Waals surface area contributed by atoms with Gasteiger partial charge in [0.2, 0.25) is 0 Å². The first kappa shape index (κ1) is 10.9. The van der Waals surface area contributed by atoms with E-state index in [4.69, 9.17) is 0 Å². The summed E-state index contributed by atoms with van der Waals surface area (Å²) in [5.41, 5.74) is 2.95. The first-order chi connectivity index (χ1) is 8.74. The van der Waals surface area contributed by atoms with E-state index >= 15 is 0 Å². The molecule has 3 nitrogen and oxygen atoms in total. The third-order valence-electron chi connectivity index (χ3n) is 2.97. The van der Waals surface area contributed by atoms with Crippen LogP contribution in [0.3, 0.4) is 0 Å². The first-order valence-corrected chi connectivity index (χ1v) is 5.78. The van der Waals surface area contributed by atoms with Crippen LogP contribution in [0.5, 0.6) is 0 Å². The Morgan fingerprint density at radius 3 is 2.61 bits per heavy atom. The van der Waals surface area contributed by atoms with Gasteiger partial charge in [-0.15, -0.1) is 10.2 Å². The summed E-state index contributed by atoms with van der Waals surface area (Å²) in [4.78, 5) is 0. The van der Waals surface area contributed by atoms with Gasteiger partial charge in [0.15, 0.2) is 5.65 Å². The minimum absolute atomic E-state index is 0.221. The largest absolute Gasteiger partial charge is 0.283 e. The summed E-state index contributed by atoms with van der Waals surface area (Å²) in [5.74, 6) is 0.649. The van der Waals surface area contributed by atoms with Crippen molar-refractivity contribution in [3.8, 4) is 0 Å². The van der Waals surface area contributed by atoms with Gasteiger partial charge in [-0.25, -0.2) is 4.39 Å². The van der Waals surface area contributed by atoms with E-state index in [0.29, 0.717) is 6.42 Å². The van der Waals surface area contributed by atoms with Gasteiger partial charge in [0.25, 0.3) is 0 Å². The van der Waals surface area contributed by atoms with Crippen LogP contribution in [0.15, 0.2) is 42.5 Å². The number of hydrogen-bond donors (Lipinski definition) is 0. The molecule has 2 heterocycles. The minimum Gasteiger partial charge on any atom is -0.283 e. The molecule has 3 rings (SSSR count). The second kappa shape index (κ2) is 4.22. The Bertz CT molecular complexity index is 686. The Morgan fingerprint density at radius 2 is 1.83 bits per heavy atom. The number of fused-ring (bicyclic) bond motifs is 1. The first-order valence-electron chi connectivity index (χ1n) is 5.78. The standard InChI is InChI=1S/C14H12FN3/c1-10-3-2-4-13-16-17-14(18(10)13)9-11-5-7-12(15)8-6-11/h2-8H,9H2,1H3. The van der Waals surface area contributed by atoms with Crippen LogP contribution < -0.4 is 0 Å². The lowest BCUT2D eigenvalue weighted by molar-refractivity contribution is 0.627. The van der Waals surface area contributed by atoms with Gasteiger partial charge in [0.05, 0.1) is 0 Å². The Kier molecular flexibility index (Phi) is 2.55. The maximum absolute atomic E-state index is 12.8. The van der Waals surface area contributed by atoms with Crippen molar-refractivity contribution < 1.29 is 4.39 Å². The molecule has 3 aromatic rings. The predicted molar refractivity (Wildman–Crippen MR) is 66.9 cm³/mol. The van der Waals surface area contributed by atoms with E-state index in [1.54, 1.807) is 12.1 Å². The van der Waals surface area contributed by atoms with E-state index in [2.05, 4.69) is 10.2 Å². The second-order valence-corrected chi connectivity index (χ2v) is 4.28. The number of benzene rings is 1. The Morgan fingerprint density at radius 1 is 1.06 bits per heavy atom. The highest BCUT2D eigenvalue weighted by Crippen LogP contribution is 2.12. The van der Waals surface area contributed by atoms with Gasteiger partial charge in [-0.2, -0.15) is 0 Å². The van der Waals surface area contributed by atoms with Gasteiger partial charge in [0, 0.05) is 12.1 Å². The molecule has 0 bridgehead atoms. The van der Waals surface area contributed by atoms with E-state index in [-0.39, 0.29) is 5.82 Å². The molecular formula is C14H12FN3. The molecule has 0 radical (unpaired) electrons. The third-order valence-corrected chi connectivity index (χ3v) is 2.97. The van der Waals surface area contributed by atoms with Crippen molar-refractivity contribution in [3.05, 3.63) is 65.4 Å². The van der Waals surface area contributed by atoms with Crippen LogP contribution in [0.2, 0.25) is 0 Å². The van der Waals surface area contributed by atoms with Crippen LogP contribution in [-0.2, 0) is 6.42 Å². The zero-order chi connectivity index (χ0) is 12.5. The summed E-state index contributed by atoms with van der Waals surface area (Å²) in [7, 11) is 0. The molecule has 4 heteroatoms. The number of rotatable bonds is 2. The van der Waals surface area contributed by atoms with Crippen LogP contribution in [0.4, 0.5) is 4.39 Å². The van der Waals surface area contributed by atoms with Crippen molar-refractivity contribution in [1.29, 1.82) is 0 Å². The molecule has 18 heavy (non-hydrogen) atoms. The fourth-order valence-corrected chi connectivity index (χ4v) is 2.07. The summed E-state index contributed by atoms with van der Waals surface area (Å²) in [6.07, 6.45) is 0.645. The molecule has 0 unspecified atom stereocenters. The molecule has 0 spiro atoms. The Balaban J connectivity index is 2.02.